The molecule has 1 aromatic heterocycles. The van der Waals surface area contributed by atoms with Crippen molar-refractivity contribution in [1.29, 1.82) is 0 Å². The third-order valence-electron chi connectivity index (χ3n) is 3.37. The smallest absolute Gasteiger partial charge is 0.171 e. The Bertz CT molecular complexity index is 622. The van der Waals surface area contributed by atoms with Crippen LogP contribution in [0.25, 0.3) is 0 Å². The van der Waals surface area contributed by atoms with E-state index >= 15 is 0 Å². The molecule has 1 heterocycles. The lowest BCUT2D eigenvalue weighted by Crippen LogP contribution is -2.28. The van der Waals surface area contributed by atoms with Crippen LogP contribution in [0.2, 0.25) is 0 Å². The number of anilines is 1. The van der Waals surface area contributed by atoms with Gasteiger partial charge in [-0.15, -0.1) is 0 Å². The maximum atomic E-state index is 5.41. The topological polar surface area (TPSA) is 51.1 Å². The minimum absolute atomic E-state index is 0.591. The standard InChI is InChI=1S/C16H22N4OS/c1-4-20-12(3)13(11-18-20)10-17-16(22)19-14-6-8-15(9-7-14)21-5-2/h6-9,11H,4-5,10H2,1-3H3,(H2,17,19,22). The number of hydrogen-bond donors (Lipinski definition) is 2. The summed E-state index contributed by atoms with van der Waals surface area (Å²) in [6.45, 7) is 8.31. The first kappa shape index (κ1) is 16.3. The van der Waals surface area contributed by atoms with Crippen molar-refractivity contribution < 1.29 is 4.74 Å². The fraction of sp³-hybridized carbons (Fsp3) is 0.375. The fourth-order valence-electron chi connectivity index (χ4n) is 2.13. The number of nitrogens with zero attached hydrogens (tertiary/aromatic N) is 2. The Hall–Kier alpha value is -2.08. The Labute approximate surface area is 136 Å². The Morgan fingerprint density at radius 2 is 2.00 bits per heavy atom. The predicted molar refractivity (Wildman–Crippen MR) is 93.3 cm³/mol. The molecule has 1 aromatic carbocycles. The van der Waals surface area contributed by atoms with Crippen molar-refractivity contribution in [1.82, 2.24) is 15.1 Å². The molecule has 0 atom stereocenters. The van der Waals surface area contributed by atoms with Crippen LogP contribution < -0.4 is 15.4 Å². The molecule has 2 N–H and O–H groups in total. The van der Waals surface area contributed by atoms with Gasteiger partial charge in [-0.05, 0) is 57.3 Å². The molecule has 0 fully saturated rings. The van der Waals surface area contributed by atoms with E-state index in [-0.39, 0.29) is 0 Å². The van der Waals surface area contributed by atoms with Gasteiger partial charge in [0.25, 0.3) is 0 Å². The average Bonchev–Trinajstić information content (AvgIpc) is 2.88. The van der Waals surface area contributed by atoms with E-state index in [1.165, 1.54) is 5.69 Å². The van der Waals surface area contributed by atoms with E-state index in [2.05, 4.69) is 29.6 Å². The van der Waals surface area contributed by atoms with Crippen LogP contribution >= 0.6 is 12.2 Å². The van der Waals surface area contributed by atoms with Crippen molar-refractivity contribution in [2.45, 2.75) is 33.9 Å². The normalized spacial score (nSPS) is 10.3. The summed E-state index contributed by atoms with van der Waals surface area (Å²) in [4.78, 5) is 0. The molecule has 6 heteroatoms. The first-order chi connectivity index (χ1) is 10.6. The molecular formula is C16H22N4OS. The zero-order chi connectivity index (χ0) is 15.9. The second-order valence-corrected chi connectivity index (χ2v) is 5.24. The minimum Gasteiger partial charge on any atom is -0.494 e. The van der Waals surface area contributed by atoms with E-state index < -0.39 is 0 Å². The molecule has 0 spiro atoms. The summed E-state index contributed by atoms with van der Waals surface area (Å²) in [5.41, 5.74) is 3.25. The zero-order valence-electron chi connectivity index (χ0n) is 13.2. The van der Waals surface area contributed by atoms with Gasteiger partial charge in [0.1, 0.15) is 5.75 Å². The summed E-state index contributed by atoms with van der Waals surface area (Å²) < 4.78 is 7.38. The van der Waals surface area contributed by atoms with Crippen LogP contribution in [0.15, 0.2) is 30.5 Å². The maximum Gasteiger partial charge on any atom is 0.171 e. The molecule has 0 amide bonds. The van der Waals surface area contributed by atoms with Gasteiger partial charge in [-0.25, -0.2) is 0 Å². The van der Waals surface area contributed by atoms with Crippen molar-refractivity contribution in [2.24, 2.45) is 0 Å². The predicted octanol–water partition coefficient (Wildman–Crippen LogP) is 3.10. The van der Waals surface area contributed by atoms with Gasteiger partial charge >= 0.3 is 0 Å². The molecule has 2 aromatic rings. The van der Waals surface area contributed by atoms with Crippen LogP contribution in [0.4, 0.5) is 5.69 Å². The third-order valence-corrected chi connectivity index (χ3v) is 3.61. The van der Waals surface area contributed by atoms with E-state index in [1.807, 2.05) is 42.1 Å². The van der Waals surface area contributed by atoms with Crippen molar-refractivity contribution >= 4 is 23.0 Å². The average molecular weight is 318 g/mol. The summed E-state index contributed by atoms with van der Waals surface area (Å²) in [7, 11) is 0. The number of benzene rings is 1. The number of rotatable bonds is 6. The molecule has 0 aliphatic rings. The second-order valence-electron chi connectivity index (χ2n) is 4.84. The molecule has 0 unspecified atom stereocenters. The largest absolute Gasteiger partial charge is 0.494 e. The molecule has 5 nitrogen and oxygen atoms in total. The maximum absolute atomic E-state index is 5.41. The van der Waals surface area contributed by atoms with Crippen LogP contribution in [0.1, 0.15) is 25.1 Å². The van der Waals surface area contributed by atoms with Gasteiger partial charge < -0.3 is 15.4 Å². The molecule has 2 rings (SSSR count). The second kappa shape index (κ2) is 7.79. The highest BCUT2D eigenvalue weighted by Gasteiger charge is 2.05. The first-order valence-corrected chi connectivity index (χ1v) is 7.83. The molecule has 0 radical (unpaired) electrons. The number of thiocarbonyl (C=S) groups is 1. The van der Waals surface area contributed by atoms with Crippen LogP contribution in [-0.2, 0) is 13.1 Å². The van der Waals surface area contributed by atoms with Gasteiger partial charge in [0, 0.05) is 30.0 Å². The Morgan fingerprint density at radius 1 is 1.27 bits per heavy atom. The zero-order valence-corrected chi connectivity index (χ0v) is 14.0. The Kier molecular flexibility index (Phi) is 5.77. The van der Waals surface area contributed by atoms with Crippen LogP contribution in [0.5, 0.6) is 5.75 Å². The van der Waals surface area contributed by atoms with E-state index in [1.54, 1.807) is 0 Å². The first-order valence-electron chi connectivity index (χ1n) is 7.43. The highest BCUT2D eigenvalue weighted by Crippen LogP contribution is 2.15. The van der Waals surface area contributed by atoms with Gasteiger partial charge in [0.15, 0.2) is 5.11 Å². The summed E-state index contributed by atoms with van der Waals surface area (Å²) in [6.07, 6.45) is 1.88. The van der Waals surface area contributed by atoms with Crippen molar-refractivity contribution in [3.8, 4) is 5.75 Å². The summed E-state index contributed by atoms with van der Waals surface area (Å²) in [5, 5.41) is 11.3. The molecule has 0 saturated heterocycles. The Balaban J connectivity index is 1.86. The highest BCUT2D eigenvalue weighted by atomic mass is 32.1. The summed E-state index contributed by atoms with van der Waals surface area (Å²) in [6, 6.07) is 7.73. The molecule has 0 aliphatic heterocycles. The number of aryl methyl sites for hydroxylation is 1. The number of aromatic nitrogens is 2. The van der Waals surface area contributed by atoms with Gasteiger partial charge in [0.2, 0.25) is 0 Å². The van der Waals surface area contributed by atoms with E-state index in [0.29, 0.717) is 18.3 Å². The van der Waals surface area contributed by atoms with E-state index in [9.17, 15) is 0 Å². The summed E-state index contributed by atoms with van der Waals surface area (Å²) in [5.74, 6) is 0.856. The van der Waals surface area contributed by atoms with E-state index in [0.717, 1.165) is 23.5 Å². The van der Waals surface area contributed by atoms with Crippen LogP contribution in [-0.4, -0.2) is 21.5 Å². The number of ether oxygens (including phenoxy) is 1. The van der Waals surface area contributed by atoms with Gasteiger partial charge in [-0.2, -0.15) is 5.10 Å². The third kappa shape index (κ3) is 4.21. The monoisotopic (exact) mass is 318 g/mol. The number of hydrogen-bond acceptors (Lipinski definition) is 3. The fourth-order valence-corrected chi connectivity index (χ4v) is 2.32. The van der Waals surface area contributed by atoms with Crippen molar-refractivity contribution in [3.05, 3.63) is 41.7 Å². The molecule has 0 bridgehead atoms. The lowest BCUT2D eigenvalue weighted by molar-refractivity contribution is 0.340. The SMILES string of the molecule is CCOc1ccc(NC(=S)NCc2cnn(CC)c2C)cc1. The molecule has 0 saturated carbocycles. The minimum atomic E-state index is 0.591. The lowest BCUT2D eigenvalue weighted by atomic mass is 10.2. The van der Waals surface area contributed by atoms with Crippen molar-refractivity contribution in [2.75, 3.05) is 11.9 Å². The van der Waals surface area contributed by atoms with Gasteiger partial charge in [0.05, 0.1) is 12.8 Å². The molecule has 118 valence electrons. The van der Waals surface area contributed by atoms with Crippen LogP contribution in [0, 0.1) is 6.92 Å². The lowest BCUT2D eigenvalue weighted by Gasteiger charge is -2.11. The van der Waals surface area contributed by atoms with E-state index in [4.69, 9.17) is 17.0 Å². The molecule has 22 heavy (non-hydrogen) atoms. The molecular weight excluding hydrogens is 296 g/mol. The van der Waals surface area contributed by atoms with Gasteiger partial charge in [-0.3, -0.25) is 4.68 Å². The van der Waals surface area contributed by atoms with Gasteiger partial charge in [-0.1, -0.05) is 0 Å². The van der Waals surface area contributed by atoms with Crippen molar-refractivity contribution in [3.63, 3.8) is 0 Å². The number of nitrogens with one attached hydrogen (secondary N) is 2. The molecule has 0 aliphatic carbocycles. The summed E-state index contributed by atoms with van der Waals surface area (Å²) >= 11 is 5.32. The van der Waals surface area contributed by atoms with Crippen LogP contribution in [0.3, 0.4) is 0 Å². The Morgan fingerprint density at radius 3 is 2.59 bits per heavy atom. The quantitative estimate of drug-likeness (QED) is 0.802. The highest BCUT2D eigenvalue weighted by molar-refractivity contribution is 7.80.